The Morgan fingerprint density at radius 3 is 2.55 bits per heavy atom. The summed E-state index contributed by atoms with van der Waals surface area (Å²) in [4.78, 5) is 21.3. The van der Waals surface area contributed by atoms with Crippen molar-refractivity contribution in [2.45, 2.75) is 19.1 Å². The number of aromatic nitrogens is 2. The molecule has 160 valence electrons. The van der Waals surface area contributed by atoms with Gasteiger partial charge in [-0.25, -0.2) is 0 Å². The number of piperazine rings is 1. The Morgan fingerprint density at radius 1 is 1.17 bits per heavy atom. The van der Waals surface area contributed by atoms with Crippen LogP contribution in [0.3, 0.4) is 0 Å². The largest absolute Gasteiger partial charge is 0.366 e. The fourth-order valence-electron chi connectivity index (χ4n) is 3.52. The lowest BCUT2D eigenvalue weighted by Gasteiger charge is -2.38. The van der Waals surface area contributed by atoms with Crippen LogP contribution in [-0.4, -0.2) is 77.8 Å². The first-order valence-corrected chi connectivity index (χ1v) is 9.46. The summed E-state index contributed by atoms with van der Waals surface area (Å²) >= 11 is 0. The van der Waals surface area contributed by atoms with Crippen molar-refractivity contribution in [3.63, 3.8) is 0 Å². The minimum absolute atomic E-state index is 0. The van der Waals surface area contributed by atoms with E-state index < -0.39 is 0 Å². The van der Waals surface area contributed by atoms with Gasteiger partial charge in [0, 0.05) is 44.8 Å². The third-order valence-electron chi connectivity index (χ3n) is 5.21. The normalized spacial score (nSPS) is 21.0. The smallest absolute Gasteiger partial charge is 0.253 e. The number of nitrogens with one attached hydrogen (secondary N) is 1. The fraction of sp³-hybridized carbons (Fsp3) is 0.526. The van der Waals surface area contributed by atoms with Crippen molar-refractivity contribution in [2.24, 2.45) is 0 Å². The number of carbonyl (C=O) groups is 1. The zero-order chi connectivity index (χ0) is 18.6. The lowest BCUT2D eigenvalue weighted by molar-refractivity contribution is -0.147. The standard InChI is InChI=1S/C19H25N5O3.2ClH/c1-14(18-21-17(22-27-18)15-5-3-2-4-6-15)23-8-10-24(11-9-23)19(25)16-13-20-7-12-26-16;;/h2-6,14,16,20H,7-13H2,1H3;2*1H. The molecule has 10 heteroatoms. The van der Waals surface area contributed by atoms with Gasteiger partial charge in [-0.3, -0.25) is 9.69 Å². The number of morpholine rings is 1. The van der Waals surface area contributed by atoms with E-state index in [9.17, 15) is 4.79 Å². The molecule has 8 nitrogen and oxygen atoms in total. The minimum Gasteiger partial charge on any atom is -0.366 e. The number of hydrogen-bond acceptors (Lipinski definition) is 7. The second-order valence-electron chi connectivity index (χ2n) is 6.92. The summed E-state index contributed by atoms with van der Waals surface area (Å²) in [6.07, 6.45) is -0.355. The average molecular weight is 444 g/mol. The number of amides is 1. The van der Waals surface area contributed by atoms with Crippen LogP contribution < -0.4 is 5.32 Å². The summed E-state index contributed by atoms with van der Waals surface area (Å²) in [6, 6.07) is 9.81. The van der Waals surface area contributed by atoms with E-state index in [1.165, 1.54) is 0 Å². The molecule has 4 rings (SSSR count). The van der Waals surface area contributed by atoms with Gasteiger partial charge >= 0.3 is 0 Å². The highest BCUT2D eigenvalue weighted by Gasteiger charge is 2.31. The summed E-state index contributed by atoms with van der Waals surface area (Å²) in [5.41, 5.74) is 0.941. The highest BCUT2D eigenvalue weighted by molar-refractivity contribution is 5.85. The molecule has 0 bridgehead atoms. The topological polar surface area (TPSA) is 83.7 Å². The maximum Gasteiger partial charge on any atom is 0.253 e. The van der Waals surface area contributed by atoms with E-state index in [0.717, 1.165) is 25.2 Å². The highest BCUT2D eigenvalue weighted by atomic mass is 35.5. The molecule has 2 aliphatic rings. The van der Waals surface area contributed by atoms with Crippen LogP contribution in [0.5, 0.6) is 0 Å². The second kappa shape index (κ2) is 10.9. The molecule has 1 aromatic carbocycles. The molecule has 2 aromatic rings. The molecule has 2 atom stereocenters. The molecular weight excluding hydrogens is 417 g/mol. The van der Waals surface area contributed by atoms with E-state index in [0.29, 0.717) is 38.0 Å². The molecule has 0 saturated carbocycles. The summed E-state index contributed by atoms with van der Waals surface area (Å²) in [6.45, 7) is 6.98. The predicted octanol–water partition coefficient (Wildman–Crippen LogP) is 1.77. The summed E-state index contributed by atoms with van der Waals surface area (Å²) < 4.78 is 11.1. The zero-order valence-corrected chi connectivity index (χ0v) is 18.0. The van der Waals surface area contributed by atoms with Crippen molar-refractivity contribution in [1.82, 2.24) is 25.3 Å². The number of halogens is 2. The molecule has 2 unspecified atom stereocenters. The van der Waals surface area contributed by atoms with E-state index in [1.807, 2.05) is 35.2 Å². The van der Waals surface area contributed by atoms with Gasteiger partial charge in [-0.15, -0.1) is 24.8 Å². The maximum absolute atomic E-state index is 12.6. The van der Waals surface area contributed by atoms with Crippen molar-refractivity contribution < 1.29 is 14.1 Å². The molecule has 2 aliphatic heterocycles. The summed E-state index contributed by atoms with van der Waals surface area (Å²) in [7, 11) is 0. The highest BCUT2D eigenvalue weighted by Crippen LogP contribution is 2.23. The number of hydrogen-bond donors (Lipinski definition) is 1. The Kier molecular flexibility index (Phi) is 8.85. The third-order valence-corrected chi connectivity index (χ3v) is 5.21. The van der Waals surface area contributed by atoms with Crippen LogP contribution in [-0.2, 0) is 9.53 Å². The SMILES string of the molecule is CC(c1nc(-c2ccccc2)no1)N1CCN(C(=O)C2CNCCO2)CC1.Cl.Cl. The number of benzene rings is 1. The van der Waals surface area contributed by atoms with Gasteiger partial charge in [0.15, 0.2) is 0 Å². The van der Waals surface area contributed by atoms with Crippen molar-refractivity contribution in [3.8, 4) is 11.4 Å². The molecule has 2 fully saturated rings. The van der Waals surface area contributed by atoms with Crippen molar-refractivity contribution in [1.29, 1.82) is 0 Å². The Balaban J connectivity index is 0.00000150. The molecule has 0 spiro atoms. The molecule has 1 aromatic heterocycles. The van der Waals surface area contributed by atoms with Gasteiger partial charge in [0.05, 0.1) is 12.6 Å². The Labute approximate surface area is 182 Å². The Hall–Kier alpha value is -1.71. The van der Waals surface area contributed by atoms with Crippen LogP contribution in [0.1, 0.15) is 18.9 Å². The number of carbonyl (C=O) groups excluding carboxylic acids is 1. The van der Waals surface area contributed by atoms with Gasteiger partial charge in [0.1, 0.15) is 6.10 Å². The molecular formula is C19H27Cl2N5O3. The Bertz CT molecular complexity index is 762. The van der Waals surface area contributed by atoms with Crippen LogP contribution >= 0.6 is 24.8 Å². The van der Waals surface area contributed by atoms with E-state index in [-0.39, 0.29) is 42.9 Å². The van der Waals surface area contributed by atoms with E-state index in [2.05, 4.69) is 27.3 Å². The zero-order valence-electron chi connectivity index (χ0n) is 16.3. The molecule has 0 aliphatic carbocycles. The van der Waals surface area contributed by atoms with Gasteiger partial charge in [0.2, 0.25) is 11.7 Å². The van der Waals surface area contributed by atoms with Crippen molar-refractivity contribution in [2.75, 3.05) is 45.9 Å². The molecule has 1 amide bonds. The van der Waals surface area contributed by atoms with Gasteiger partial charge in [-0.1, -0.05) is 35.5 Å². The van der Waals surface area contributed by atoms with E-state index in [1.54, 1.807) is 0 Å². The lowest BCUT2D eigenvalue weighted by atomic mass is 10.2. The van der Waals surface area contributed by atoms with Gasteiger partial charge in [-0.05, 0) is 6.92 Å². The van der Waals surface area contributed by atoms with Gasteiger partial charge in [0.25, 0.3) is 5.91 Å². The quantitative estimate of drug-likeness (QED) is 0.770. The van der Waals surface area contributed by atoms with E-state index in [4.69, 9.17) is 9.26 Å². The van der Waals surface area contributed by atoms with E-state index >= 15 is 0 Å². The maximum atomic E-state index is 12.6. The molecule has 0 radical (unpaired) electrons. The predicted molar refractivity (Wildman–Crippen MR) is 113 cm³/mol. The van der Waals surface area contributed by atoms with Crippen LogP contribution in [0.15, 0.2) is 34.9 Å². The fourth-order valence-corrected chi connectivity index (χ4v) is 3.52. The molecule has 3 heterocycles. The molecule has 1 N–H and O–H groups in total. The van der Waals surface area contributed by atoms with Crippen LogP contribution in [0, 0.1) is 0 Å². The minimum atomic E-state index is -0.355. The first-order chi connectivity index (χ1) is 13.2. The lowest BCUT2D eigenvalue weighted by Crippen LogP contribution is -2.55. The van der Waals surface area contributed by atoms with Crippen molar-refractivity contribution in [3.05, 3.63) is 36.2 Å². The van der Waals surface area contributed by atoms with Crippen LogP contribution in [0.25, 0.3) is 11.4 Å². The third kappa shape index (κ3) is 5.46. The first-order valence-electron chi connectivity index (χ1n) is 9.46. The number of rotatable bonds is 4. The Morgan fingerprint density at radius 2 is 1.90 bits per heavy atom. The van der Waals surface area contributed by atoms with Gasteiger partial charge in [-0.2, -0.15) is 4.98 Å². The first kappa shape index (κ1) is 23.6. The number of ether oxygens (including phenoxy) is 1. The van der Waals surface area contributed by atoms with Crippen molar-refractivity contribution >= 4 is 30.7 Å². The van der Waals surface area contributed by atoms with Crippen LogP contribution in [0.2, 0.25) is 0 Å². The molecule has 29 heavy (non-hydrogen) atoms. The monoisotopic (exact) mass is 443 g/mol. The van der Waals surface area contributed by atoms with Gasteiger partial charge < -0.3 is 19.5 Å². The summed E-state index contributed by atoms with van der Waals surface area (Å²) in [5, 5.41) is 7.31. The number of nitrogens with zero attached hydrogens (tertiary/aromatic N) is 4. The van der Waals surface area contributed by atoms with Crippen LogP contribution in [0.4, 0.5) is 0 Å². The summed E-state index contributed by atoms with van der Waals surface area (Å²) in [5.74, 6) is 1.29. The molecule has 2 saturated heterocycles. The average Bonchev–Trinajstić information content (AvgIpc) is 3.24. The second-order valence-corrected chi connectivity index (χ2v) is 6.92.